The van der Waals surface area contributed by atoms with Crippen molar-refractivity contribution in [2.45, 2.75) is 17.6 Å². The number of pyridine rings is 1. The van der Waals surface area contributed by atoms with E-state index in [9.17, 15) is 40.5 Å². The summed E-state index contributed by atoms with van der Waals surface area (Å²) in [6, 6.07) is 0. The van der Waals surface area contributed by atoms with Crippen molar-refractivity contribution in [1.82, 2.24) is 4.98 Å². The number of nitrogens with zero attached hydrogens (tertiary/aromatic N) is 2. The lowest BCUT2D eigenvalue weighted by molar-refractivity contribution is -0.386. The van der Waals surface area contributed by atoms with Crippen molar-refractivity contribution >= 4 is 15.7 Å². The fourth-order valence-corrected chi connectivity index (χ4v) is 2.06. The first kappa shape index (κ1) is 16.2. The molecule has 0 fully saturated rings. The normalized spacial score (nSPS) is 12.8. The van der Waals surface area contributed by atoms with E-state index in [2.05, 4.69) is 10.1 Å². The second-order valence-corrected chi connectivity index (χ2v) is 4.81. The van der Waals surface area contributed by atoms with E-state index in [0.717, 1.165) is 0 Å². The zero-order valence-corrected chi connectivity index (χ0v) is 9.87. The minimum Gasteiger partial charge on any atom is -0.258 e. The van der Waals surface area contributed by atoms with E-state index in [1.165, 1.54) is 0 Å². The largest absolute Gasteiger partial charge is 0.419 e. The average molecular weight is 321 g/mol. The Balaban J connectivity index is 3.96. The summed E-state index contributed by atoms with van der Waals surface area (Å²) in [5.41, 5.74) is -6.19. The summed E-state index contributed by atoms with van der Waals surface area (Å²) in [6.07, 6.45) is -9.58. The summed E-state index contributed by atoms with van der Waals surface area (Å²) < 4.78 is 85.5. The van der Waals surface area contributed by atoms with E-state index in [0.29, 0.717) is 0 Å². The molecular formula is C7H4F5N3O4S. The molecule has 0 unspecified atom stereocenters. The molecule has 0 saturated carbocycles. The van der Waals surface area contributed by atoms with E-state index in [1.54, 1.807) is 0 Å². The first-order valence-corrected chi connectivity index (χ1v) is 5.97. The molecule has 1 heterocycles. The molecule has 1 aromatic heterocycles. The number of halogens is 5. The molecule has 7 nitrogen and oxygen atoms in total. The lowest BCUT2D eigenvalue weighted by atomic mass is 10.1. The Morgan fingerprint density at radius 1 is 1.35 bits per heavy atom. The van der Waals surface area contributed by atoms with E-state index in [-0.39, 0.29) is 6.20 Å². The number of nitrogens with two attached hydrogens (primary N) is 1. The number of nitro groups is 1. The number of sulfonamides is 1. The maximum Gasteiger partial charge on any atom is 0.419 e. The number of alkyl halides is 5. The van der Waals surface area contributed by atoms with Crippen LogP contribution in [-0.4, -0.2) is 18.3 Å². The van der Waals surface area contributed by atoms with Crippen LogP contribution in [0.2, 0.25) is 0 Å². The zero-order valence-electron chi connectivity index (χ0n) is 9.06. The fraction of sp³-hybridized carbons (Fsp3) is 0.286. The summed E-state index contributed by atoms with van der Waals surface area (Å²) in [5, 5.41) is 13.0. The molecule has 1 rings (SSSR count). The van der Waals surface area contributed by atoms with Crippen molar-refractivity contribution in [3.05, 3.63) is 27.4 Å². The van der Waals surface area contributed by atoms with Gasteiger partial charge in [0.1, 0.15) is 17.3 Å². The van der Waals surface area contributed by atoms with Gasteiger partial charge in [0.05, 0.1) is 4.92 Å². The highest BCUT2D eigenvalue weighted by Gasteiger charge is 2.45. The maximum absolute atomic E-state index is 12.7. The molecule has 0 spiro atoms. The molecule has 2 N–H and O–H groups in total. The Bertz CT molecular complexity index is 657. The third-order valence-corrected chi connectivity index (χ3v) is 2.88. The van der Waals surface area contributed by atoms with E-state index in [4.69, 9.17) is 0 Å². The van der Waals surface area contributed by atoms with Gasteiger partial charge in [0.25, 0.3) is 22.1 Å². The van der Waals surface area contributed by atoms with Crippen LogP contribution in [0.25, 0.3) is 0 Å². The Morgan fingerprint density at radius 2 is 1.85 bits per heavy atom. The van der Waals surface area contributed by atoms with Crippen molar-refractivity contribution in [2.24, 2.45) is 5.14 Å². The van der Waals surface area contributed by atoms with Crippen LogP contribution in [0, 0.1) is 10.1 Å². The molecule has 20 heavy (non-hydrogen) atoms. The summed E-state index contributed by atoms with van der Waals surface area (Å²) in [4.78, 5) is 11.6. The standard InChI is InChI=1S/C7H4F5N3O4S/c8-5(9)3-2(15(16)17)1-14-6(20(13,18)19)4(3)7(10,11)12/h1,5H,(H2,13,18,19). The molecule has 0 aliphatic rings. The van der Waals surface area contributed by atoms with Crippen molar-refractivity contribution in [1.29, 1.82) is 0 Å². The van der Waals surface area contributed by atoms with Crippen LogP contribution in [0.4, 0.5) is 27.6 Å². The van der Waals surface area contributed by atoms with Crippen molar-refractivity contribution in [2.75, 3.05) is 0 Å². The third kappa shape index (κ3) is 2.98. The van der Waals surface area contributed by atoms with Gasteiger partial charge in [0, 0.05) is 0 Å². The monoisotopic (exact) mass is 321 g/mol. The van der Waals surface area contributed by atoms with E-state index < -0.39 is 49.4 Å². The Kier molecular flexibility index (Phi) is 3.96. The minimum atomic E-state index is -5.62. The van der Waals surface area contributed by atoms with Crippen molar-refractivity contribution in [3.63, 3.8) is 0 Å². The highest BCUT2D eigenvalue weighted by atomic mass is 32.2. The second-order valence-electron chi connectivity index (χ2n) is 3.34. The van der Waals surface area contributed by atoms with Crippen LogP contribution >= 0.6 is 0 Å². The van der Waals surface area contributed by atoms with Gasteiger partial charge in [0.15, 0.2) is 5.03 Å². The predicted octanol–water partition coefficient (Wildman–Crippen LogP) is 1.59. The predicted molar refractivity (Wildman–Crippen MR) is 52.2 cm³/mol. The number of primary sulfonamides is 1. The van der Waals surface area contributed by atoms with Crippen LogP contribution < -0.4 is 5.14 Å². The van der Waals surface area contributed by atoms with Crippen LogP contribution in [0.5, 0.6) is 0 Å². The second kappa shape index (κ2) is 4.90. The van der Waals surface area contributed by atoms with Crippen LogP contribution in [0.1, 0.15) is 17.6 Å². The zero-order chi connectivity index (χ0) is 15.9. The molecule has 0 atom stereocenters. The smallest absolute Gasteiger partial charge is 0.258 e. The van der Waals surface area contributed by atoms with Gasteiger partial charge in [-0.3, -0.25) is 10.1 Å². The van der Waals surface area contributed by atoms with Crippen molar-refractivity contribution in [3.8, 4) is 0 Å². The summed E-state index contributed by atoms with van der Waals surface area (Å²) in [5.74, 6) is 0. The first-order valence-electron chi connectivity index (χ1n) is 4.42. The van der Waals surface area contributed by atoms with Crippen LogP contribution in [0.15, 0.2) is 11.2 Å². The molecule has 0 saturated heterocycles. The summed E-state index contributed by atoms with van der Waals surface area (Å²) in [6.45, 7) is 0. The Morgan fingerprint density at radius 3 is 2.15 bits per heavy atom. The lowest BCUT2D eigenvalue weighted by Crippen LogP contribution is -2.23. The third-order valence-electron chi connectivity index (χ3n) is 2.03. The van der Waals surface area contributed by atoms with Gasteiger partial charge in [-0.25, -0.2) is 27.3 Å². The molecule has 13 heteroatoms. The highest BCUT2D eigenvalue weighted by Crippen LogP contribution is 2.43. The first-order chi connectivity index (χ1) is 8.87. The van der Waals surface area contributed by atoms with Gasteiger partial charge >= 0.3 is 6.18 Å². The SMILES string of the molecule is NS(=O)(=O)c1ncc([N+](=O)[O-])c(C(F)F)c1C(F)(F)F. The molecule has 0 bridgehead atoms. The Labute approximate surface area is 107 Å². The number of hydrogen-bond donors (Lipinski definition) is 1. The summed E-state index contributed by atoms with van der Waals surface area (Å²) >= 11 is 0. The molecule has 0 aliphatic heterocycles. The summed E-state index contributed by atoms with van der Waals surface area (Å²) in [7, 11) is -5.10. The quantitative estimate of drug-likeness (QED) is 0.515. The van der Waals surface area contributed by atoms with Gasteiger partial charge in [-0.05, 0) is 0 Å². The van der Waals surface area contributed by atoms with Gasteiger partial charge in [-0.2, -0.15) is 13.2 Å². The molecular weight excluding hydrogens is 317 g/mol. The maximum atomic E-state index is 12.7. The topological polar surface area (TPSA) is 116 Å². The average Bonchev–Trinajstić information content (AvgIpc) is 2.24. The number of rotatable bonds is 3. The lowest BCUT2D eigenvalue weighted by Gasteiger charge is -2.14. The van der Waals surface area contributed by atoms with Crippen LogP contribution in [-0.2, 0) is 16.2 Å². The van der Waals surface area contributed by atoms with E-state index in [1.807, 2.05) is 0 Å². The van der Waals surface area contributed by atoms with Gasteiger partial charge < -0.3 is 0 Å². The van der Waals surface area contributed by atoms with Gasteiger partial charge in [-0.1, -0.05) is 0 Å². The van der Waals surface area contributed by atoms with Gasteiger partial charge in [0.2, 0.25) is 0 Å². The molecule has 112 valence electrons. The minimum absolute atomic E-state index is 0.0174. The Hall–Kier alpha value is -1.89. The van der Waals surface area contributed by atoms with Crippen molar-refractivity contribution < 1.29 is 35.3 Å². The van der Waals surface area contributed by atoms with Crippen LogP contribution in [0.3, 0.4) is 0 Å². The molecule has 0 amide bonds. The number of aromatic nitrogens is 1. The molecule has 0 aromatic carbocycles. The van der Waals surface area contributed by atoms with Gasteiger partial charge in [-0.15, -0.1) is 0 Å². The molecule has 1 aromatic rings. The van der Waals surface area contributed by atoms with E-state index >= 15 is 0 Å². The highest BCUT2D eigenvalue weighted by molar-refractivity contribution is 7.89. The fourth-order valence-electron chi connectivity index (χ4n) is 1.35. The number of hydrogen-bond acceptors (Lipinski definition) is 5. The molecule has 0 radical (unpaired) electrons. The molecule has 0 aliphatic carbocycles.